The van der Waals surface area contributed by atoms with Gasteiger partial charge in [0.25, 0.3) is 0 Å². The van der Waals surface area contributed by atoms with Crippen LogP contribution in [0.15, 0.2) is 24.5 Å². The predicted octanol–water partition coefficient (Wildman–Crippen LogP) is 1.71. The molecule has 0 atom stereocenters. The Labute approximate surface area is 81.4 Å². The van der Waals surface area contributed by atoms with Gasteiger partial charge in [-0.15, -0.1) is 0 Å². The number of rotatable bonds is 2. The summed E-state index contributed by atoms with van der Waals surface area (Å²) in [6, 6.07) is 3.75. The second-order valence-corrected chi connectivity index (χ2v) is 3.24. The number of hydrogen-bond acceptors (Lipinski definition) is 2. The molecule has 0 saturated carbocycles. The fourth-order valence-corrected chi connectivity index (χ4v) is 1.55. The highest BCUT2D eigenvalue weighted by Gasteiger charge is 2.03. The normalized spacial score (nSPS) is 10.9. The average Bonchev–Trinajstić information content (AvgIpc) is 2.51. The summed E-state index contributed by atoms with van der Waals surface area (Å²) in [6.45, 7) is 0.793. The van der Waals surface area contributed by atoms with Crippen molar-refractivity contribution in [3.05, 3.63) is 35.2 Å². The highest BCUT2D eigenvalue weighted by Crippen LogP contribution is 2.16. The van der Waals surface area contributed by atoms with Gasteiger partial charge in [-0.25, -0.2) is 4.98 Å². The van der Waals surface area contributed by atoms with Gasteiger partial charge in [0.15, 0.2) is 5.65 Å². The lowest BCUT2D eigenvalue weighted by Crippen LogP contribution is -2.07. The summed E-state index contributed by atoms with van der Waals surface area (Å²) in [5, 5.41) is 3.76. The zero-order chi connectivity index (χ0) is 9.26. The molecule has 0 fully saturated rings. The van der Waals surface area contributed by atoms with Crippen LogP contribution in [0.3, 0.4) is 0 Å². The Morgan fingerprint density at radius 1 is 1.62 bits per heavy atom. The minimum absolute atomic E-state index is 0.685. The van der Waals surface area contributed by atoms with E-state index in [0.29, 0.717) is 5.02 Å². The Morgan fingerprint density at radius 2 is 2.46 bits per heavy atom. The van der Waals surface area contributed by atoms with Crippen LogP contribution in [0.25, 0.3) is 5.65 Å². The minimum atomic E-state index is 0.685. The van der Waals surface area contributed by atoms with Gasteiger partial charge in [-0.05, 0) is 19.2 Å². The van der Waals surface area contributed by atoms with Gasteiger partial charge in [-0.2, -0.15) is 0 Å². The summed E-state index contributed by atoms with van der Waals surface area (Å²) < 4.78 is 1.98. The number of fused-ring (bicyclic) bond motifs is 1. The Kier molecular flexibility index (Phi) is 2.20. The molecule has 3 nitrogen and oxygen atoms in total. The average molecular weight is 196 g/mol. The molecule has 2 heterocycles. The molecular weight excluding hydrogens is 186 g/mol. The van der Waals surface area contributed by atoms with Crippen molar-refractivity contribution in [2.45, 2.75) is 6.54 Å². The van der Waals surface area contributed by atoms with Crippen LogP contribution in [0.1, 0.15) is 5.69 Å². The first-order chi connectivity index (χ1) is 6.33. The van der Waals surface area contributed by atoms with Crippen LogP contribution in [-0.2, 0) is 6.54 Å². The monoisotopic (exact) mass is 195 g/mol. The van der Waals surface area contributed by atoms with E-state index in [1.54, 1.807) is 0 Å². The fourth-order valence-electron chi connectivity index (χ4n) is 1.34. The van der Waals surface area contributed by atoms with Gasteiger partial charge >= 0.3 is 0 Å². The van der Waals surface area contributed by atoms with Gasteiger partial charge in [-0.3, -0.25) is 0 Å². The third kappa shape index (κ3) is 1.41. The molecule has 0 saturated heterocycles. The van der Waals surface area contributed by atoms with Gasteiger partial charge in [0.2, 0.25) is 0 Å². The van der Waals surface area contributed by atoms with Gasteiger partial charge in [0.1, 0.15) is 0 Å². The summed E-state index contributed by atoms with van der Waals surface area (Å²) in [5.74, 6) is 0. The lowest BCUT2D eigenvalue weighted by atomic mass is 10.4. The van der Waals surface area contributed by atoms with E-state index in [1.165, 1.54) is 0 Å². The number of hydrogen-bond donors (Lipinski definition) is 1. The number of pyridine rings is 1. The van der Waals surface area contributed by atoms with Gasteiger partial charge in [-0.1, -0.05) is 11.6 Å². The first-order valence-electron chi connectivity index (χ1n) is 4.08. The van der Waals surface area contributed by atoms with E-state index in [0.717, 1.165) is 17.9 Å². The van der Waals surface area contributed by atoms with E-state index in [-0.39, 0.29) is 0 Å². The quantitative estimate of drug-likeness (QED) is 0.791. The Balaban J connectivity index is 2.61. The van der Waals surface area contributed by atoms with Crippen LogP contribution in [0.4, 0.5) is 0 Å². The molecule has 2 rings (SSSR count). The zero-order valence-electron chi connectivity index (χ0n) is 7.29. The first-order valence-corrected chi connectivity index (χ1v) is 4.46. The summed E-state index contributed by atoms with van der Waals surface area (Å²) in [4.78, 5) is 4.23. The zero-order valence-corrected chi connectivity index (χ0v) is 8.04. The molecular formula is C9H10ClN3. The molecule has 1 N–H and O–H groups in total. The van der Waals surface area contributed by atoms with E-state index >= 15 is 0 Å². The summed E-state index contributed by atoms with van der Waals surface area (Å²) in [6.07, 6.45) is 3.79. The molecule has 0 spiro atoms. The molecule has 4 heteroatoms. The molecule has 0 aliphatic rings. The highest BCUT2D eigenvalue weighted by molar-refractivity contribution is 6.33. The van der Waals surface area contributed by atoms with E-state index in [9.17, 15) is 0 Å². The van der Waals surface area contributed by atoms with Gasteiger partial charge in [0, 0.05) is 12.7 Å². The molecule has 2 aromatic heterocycles. The van der Waals surface area contributed by atoms with Crippen LogP contribution < -0.4 is 5.32 Å². The number of aromatic nitrogens is 2. The molecule has 68 valence electrons. The number of imidazole rings is 1. The SMILES string of the molecule is CNCc1cnc2c(Cl)cccn12. The largest absolute Gasteiger partial charge is 0.314 e. The van der Waals surface area contributed by atoms with E-state index in [4.69, 9.17) is 11.6 Å². The van der Waals surface area contributed by atoms with E-state index < -0.39 is 0 Å². The van der Waals surface area contributed by atoms with Crippen LogP contribution >= 0.6 is 11.6 Å². The van der Waals surface area contributed by atoms with Crippen LogP contribution in [0, 0.1) is 0 Å². The third-order valence-corrected chi connectivity index (χ3v) is 2.22. The maximum atomic E-state index is 5.97. The minimum Gasteiger partial charge on any atom is -0.314 e. The van der Waals surface area contributed by atoms with Crippen molar-refractivity contribution in [3.8, 4) is 0 Å². The van der Waals surface area contributed by atoms with Crippen molar-refractivity contribution in [1.29, 1.82) is 0 Å². The maximum absolute atomic E-state index is 5.97. The number of halogens is 1. The van der Waals surface area contributed by atoms with Crippen molar-refractivity contribution >= 4 is 17.2 Å². The number of nitrogens with one attached hydrogen (secondary N) is 1. The fraction of sp³-hybridized carbons (Fsp3) is 0.222. The summed E-state index contributed by atoms with van der Waals surface area (Å²) in [5.41, 5.74) is 1.93. The lowest BCUT2D eigenvalue weighted by molar-refractivity contribution is 0.782. The second kappa shape index (κ2) is 3.36. The Hall–Kier alpha value is -1.06. The van der Waals surface area contributed by atoms with Gasteiger partial charge in [0.05, 0.1) is 16.9 Å². The molecule has 0 amide bonds. The van der Waals surface area contributed by atoms with Gasteiger partial charge < -0.3 is 9.72 Å². The van der Waals surface area contributed by atoms with Crippen molar-refractivity contribution in [2.75, 3.05) is 7.05 Å². The maximum Gasteiger partial charge on any atom is 0.155 e. The van der Waals surface area contributed by atoms with E-state index in [1.807, 2.05) is 36.0 Å². The predicted molar refractivity (Wildman–Crippen MR) is 53.0 cm³/mol. The van der Waals surface area contributed by atoms with Crippen molar-refractivity contribution < 1.29 is 0 Å². The third-order valence-electron chi connectivity index (χ3n) is 1.92. The van der Waals surface area contributed by atoms with Crippen molar-refractivity contribution in [3.63, 3.8) is 0 Å². The smallest absolute Gasteiger partial charge is 0.155 e. The first kappa shape index (κ1) is 8.53. The Morgan fingerprint density at radius 3 is 3.23 bits per heavy atom. The molecule has 13 heavy (non-hydrogen) atoms. The van der Waals surface area contributed by atoms with Crippen LogP contribution in [0.5, 0.6) is 0 Å². The number of nitrogens with zero attached hydrogens (tertiary/aromatic N) is 2. The van der Waals surface area contributed by atoms with Crippen LogP contribution in [0.2, 0.25) is 5.02 Å². The van der Waals surface area contributed by atoms with Crippen molar-refractivity contribution in [1.82, 2.24) is 14.7 Å². The molecule has 0 unspecified atom stereocenters. The second-order valence-electron chi connectivity index (χ2n) is 2.83. The molecule has 0 aliphatic carbocycles. The summed E-state index contributed by atoms with van der Waals surface area (Å²) >= 11 is 5.97. The molecule has 0 radical (unpaired) electrons. The van der Waals surface area contributed by atoms with Crippen molar-refractivity contribution in [2.24, 2.45) is 0 Å². The molecule has 0 bridgehead atoms. The van der Waals surface area contributed by atoms with Crippen LogP contribution in [-0.4, -0.2) is 16.4 Å². The summed E-state index contributed by atoms with van der Waals surface area (Å²) in [7, 11) is 1.91. The standard InChI is InChI=1S/C9H10ClN3/c1-11-5-7-6-12-9-8(10)3-2-4-13(7)9/h2-4,6,11H,5H2,1H3. The highest BCUT2D eigenvalue weighted by atomic mass is 35.5. The molecule has 2 aromatic rings. The molecule has 0 aliphatic heterocycles. The lowest BCUT2D eigenvalue weighted by Gasteiger charge is -2.00. The molecule has 0 aromatic carbocycles. The van der Waals surface area contributed by atoms with E-state index in [2.05, 4.69) is 10.3 Å². The topological polar surface area (TPSA) is 29.3 Å². The Bertz CT molecular complexity index is 422.